The first-order valence-corrected chi connectivity index (χ1v) is 6.15. The van der Waals surface area contributed by atoms with Gasteiger partial charge in [0.2, 0.25) is 0 Å². The molecule has 0 aliphatic carbocycles. The van der Waals surface area contributed by atoms with Crippen molar-refractivity contribution in [1.29, 1.82) is 0 Å². The van der Waals surface area contributed by atoms with Crippen LogP contribution in [-0.4, -0.2) is 18.0 Å². The summed E-state index contributed by atoms with van der Waals surface area (Å²) in [5.74, 6) is -0.644. The van der Waals surface area contributed by atoms with E-state index in [9.17, 15) is 9.18 Å². The van der Waals surface area contributed by atoms with Gasteiger partial charge in [0.25, 0.3) is 5.91 Å². The molecule has 1 aromatic carbocycles. The number of hydrogen-bond donors (Lipinski definition) is 2. The molecule has 0 heterocycles. The molecular formula is C13H18ClFN2O. The van der Waals surface area contributed by atoms with E-state index in [-0.39, 0.29) is 22.4 Å². The molecule has 0 aliphatic heterocycles. The normalized spacial score (nSPS) is 14.4. The van der Waals surface area contributed by atoms with Crippen LogP contribution in [0.2, 0.25) is 5.02 Å². The number of carbonyl (C=O) groups excluding carboxylic acids is 1. The standard InChI is InChI=1S/C13H18ClFN2O/c1-8(2)13(3,7-16)17-12(18)10-5-4-9(15)6-11(10)14/h4-6,8H,7,16H2,1-3H3,(H,17,18). The second kappa shape index (κ2) is 5.67. The van der Waals surface area contributed by atoms with Crippen molar-refractivity contribution < 1.29 is 9.18 Å². The number of rotatable bonds is 4. The molecule has 0 spiro atoms. The molecule has 5 heteroatoms. The molecule has 3 nitrogen and oxygen atoms in total. The summed E-state index contributed by atoms with van der Waals surface area (Å²) in [5, 5.41) is 2.94. The summed E-state index contributed by atoms with van der Waals surface area (Å²) in [7, 11) is 0. The van der Waals surface area contributed by atoms with E-state index in [0.29, 0.717) is 6.54 Å². The third-order valence-electron chi connectivity index (χ3n) is 3.27. The topological polar surface area (TPSA) is 55.1 Å². The van der Waals surface area contributed by atoms with Crippen LogP contribution in [-0.2, 0) is 0 Å². The van der Waals surface area contributed by atoms with Crippen LogP contribution in [0.1, 0.15) is 31.1 Å². The molecule has 1 unspecified atom stereocenters. The lowest BCUT2D eigenvalue weighted by Crippen LogP contribution is -2.55. The number of halogens is 2. The fraction of sp³-hybridized carbons (Fsp3) is 0.462. The van der Waals surface area contributed by atoms with Gasteiger partial charge in [-0.3, -0.25) is 4.79 Å². The van der Waals surface area contributed by atoms with E-state index in [1.165, 1.54) is 12.1 Å². The van der Waals surface area contributed by atoms with Crippen molar-refractivity contribution in [3.8, 4) is 0 Å². The van der Waals surface area contributed by atoms with Crippen LogP contribution in [0.5, 0.6) is 0 Å². The third-order valence-corrected chi connectivity index (χ3v) is 3.59. The van der Waals surface area contributed by atoms with Crippen molar-refractivity contribution in [3.63, 3.8) is 0 Å². The Hall–Kier alpha value is -1.13. The van der Waals surface area contributed by atoms with E-state index in [1.54, 1.807) is 0 Å². The Morgan fingerprint density at radius 2 is 2.17 bits per heavy atom. The summed E-state index contributed by atoms with van der Waals surface area (Å²) < 4.78 is 12.9. The highest BCUT2D eigenvalue weighted by atomic mass is 35.5. The minimum atomic E-state index is -0.519. The van der Waals surface area contributed by atoms with Crippen LogP contribution in [0.25, 0.3) is 0 Å². The van der Waals surface area contributed by atoms with Gasteiger partial charge in [0.15, 0.2) is 0 Å². The monoisotopic (exact) mass is 272 g/mol. The van der Waals surface area contributed by atoms with Crippen LogP contribution in [0.15, 0.2) is 18.2 Å². The highest BCUT2D eigenvalue weighted by molar-refractivity contribution is 6.33. The van der Waals surface area contributed by atoms with Gasteiger partial charge in [-0.05, 0) is 31.0 Å². The van der Waals surface area contributed by atoms with E-state index in [2.05, 4.69) is 5.32 Å². The first kappa shape index (κ1) is 14.9. The van der Waals surface area contributed by atoms with Crippen LogP contribution >= 0.6 is 11.6 Å². The predicted molar refractivity (Wildman–Crippen MR) is 71.2 cm³/mol. The Bertz CT molecular complexity index is 451. The van der Waals surface area contributed by atoms with Gasteiger partial charge in [-0.1, -0.05) is 25.4 Å². The molecule has 18 heavy (non-hydrogen) atoms. The molecule has 0 fully saturated rings. The lowest BCUT2D eigenvalue weighted by atomic mass is 9.88. The molecule has 1 aromatic rings. The Morgan fingerprint density at radius 1 is 1.56 bits per heavy atom. The molecule has 1 amide bonds. The zero-order valence-corrected chi connectivity index (χ0v) is 11.5. The highest BCUT2D eigenvalue weighted by Crippen LogP contribution is 2.20. The van der Waals surface area contributed by atoms with E-state index in [4.69, 9.17) is 17.3 Å². The van der Waals surface area contributed by atoms with E-state index in [1.807, 2.05) is 20.8 Å². The maximum absolute atomic E-state index is 12.9. The van der Waals surface area contributed by atoms with Crippen LogP contribution in [0, 0.1) is 11.7 Å². The van der Waals surface area contributed by atoms with Crippen LogP contribution in [0.4, 0.5) is 4.39 Å². The molecule has 0 radical (unpaired) electrons. The van der Waals surface area contributed by atoms with E-state index in [0.717, 1.165) is 6.07 Å². The minimum absolute atomic E-state index is 0.0932. The van der Waals surface area contributed by atoms with Gasteiger partial charge in [0.05, 0.1) is 16.1 Å². The van der Waals surface area contributed by atoms with E-state index < -0.39 is 11.4 Å². The molecule has 0 aromatic heterocycles. The maximum Gasteiger partial charge on any atom is 0.253 e. The van der Waals surface area contributed by atoms with Crippen molar-refractivity contribution in [1.82, 2.24) is 5.32 Å². The first-order chi connectivity index (χ1) is 8.30. The summed E-state index contributed by atoms with van der Waals surface area (Å²) in [6, 6.07) is 3.69. The Kier molecular flexibility index (Phi) is 4.71. The zero-order valence-electron chi connectivity index (χ0n) is 10.8. The van der Waals surface area contributed by atoms with Gasteiger partial charge in [-0.15, -0.1) is 0 Å². The number of nitrogens with one attached hydrogen (secondary N) is 1. The summed E-state index contributed by atoms with van der Waals surface area (Å²) >= 11 is 5.84. The van der Waals surface area contributed by atoms with Gasteiger partial charge in [0.1, 0.15) is 5.82 Å². The van der Waals surface area contributed by atoms with Crippen LogP contribution in [0.3, 0.4) is 0 Å². The van der Waals surface area contributed by atoms with Gasteiger partial charge >= 0.3 is 0 Å². The summed E-state index contributed by atoms with van der Waals surface area (Å²) in [5.41, 5.74) is 5.42. The largest absolute Gasteiger partial charge is 0.345 e. The lowest BCUT2D eigenvalue weighted by molar-refractivity contribution is 0.0883. The number of nitrogens with two attached hydrogens (primary N) is 1. The Morgan fingerprint density at radius 3 is 2.61 bits per heavy atom. The van der Waals surface area contributed by atoms with Gasteiger partial charge in [-0.2, -0.15) is 0 Å². The molecule has 0 aliphatic rings. The fourth-order valence-electron chi connectivity index (χ4n) is 1.43. The third kappa shape index (κ3) is 3.21. The zero-order chi connectivity index (χ0) is 13.9. The van der Waals surface area contributed by atoms with Gasteiger partial charge in [-0.25, -0.2) is 4.39 Å². The first-order valence-electron chi connectivity index (χ1n) is 5.78. The average Bonchev–Trinajstić information content (AvgIpc) is 2.28. The SMILES string of the molecule is CC(C)C(C)(CN)NC(=O)c1ccc(F)cc1Cl. The molecule has 1 atom stereocenters. The van der Waals surface area contributed by atoms with Gasteiger partial charge in [0, 0.05) is 6.54 Å². The second-order valence-electron chi connectivity index (χ2n) is 4.85. The second-order valence-corrected chi connectivity index (χ2v) is 5.26. The molecule has 0 bridgehead atoms. The number of hydrogen-bond acceptors (Lipinski definition) is 2. The molecule has 1 rings (SSSR count). The summed E-state index contributed by atoms with van der Waals surface area (Å²) in [6.45, 7) is 6.13. The summed E-state index contributed by atoms with van der Waals surface area (Å²) in [6.07, 6.45) is 0. The van der Waals surface area contributed by atoms with Crippen molar-refractivity contribution >= 4 is 17.5 Å². The lowest BCUT2D eigenvalue weighted by Gasteiger charge is -2.33. The molecule has 0 saturated carbocycles. The van der Waals surface area contributed by atoms with Crippen molar-refractivity contribution in [2.45, 2.75) is 26.3 Å². The van der Waals surface area contributed by atoms with E-state index >= 15 is 0 Å². The number of amides is 1. The maximum atomic E-state index is 12.9. The molecule has 0 saturated heterocycles. The molecule has 3 N–H and O–H groups in total. The predicted octanol–water partition coefficient (Wildman–Crippen LogP) is 2.58. The number of benzene rings is 1. The Balaban J connectivity index is 2.95. The van der Waals surface area contributed by atoms with Crippen molar-refractivity contribution in [2.24, 2.45) is 11.7 Å². The quantitative estimate of drug-likeness (QED) is 0.885. The summed E-state index contributed by atoms with van der Waals surface area (Å²) in [4.78, 5) is 12.1. The van der Waals surface area contributed by atoms with Crippen LogP contribution < -0.4 is 11.1 Å². The molecular weight excluding hydrogens is 255 g/mol. The van der Waals surface area contributed by atoms with Crippen molar-refractivity contribution in [3.05, 3.63) is 34.6 Å². The average molecular weight is 273 g/mol. The number of carbonyl (C=O) groups is 1. The molecule has 100 valence electrons. The highest BCUT2D eigenvalue weighted by Gasteiger charge is 2.29. The Labute approximate surface area is 112 Å². The minimum Gasteiger partial charge on any atom is -0.345 e. The van der Waals surface area contributed by atoms with Crippen molar-refractivity contribution in [2.75, 3.05) is 6.54 Å². The van der Waals surface area contributed by atoms with Gasteiger partial charge < -0.3 is 11.1 Å². The fourth-order valence-corrected chi connectivity index (χ4v) is 1.68. The smallest absolute Gasteiger partial charge is 0.253 e.